The van der Waals surface area contributed by atoms with Gasteiger partial charge in [0.25, 0.3) is 0 Å². The standard InChI is InChI=1S/C11H21NO2S2/c1-11(2,10(13)14-3)8-12-6-9-7-15-4-5-16-9/h9,12H,4-8H2,1-3H3. The molecule has 5 heteroatoms. The van der Waals surface area contributed by atoms with Crippen LogP contribution in [0.2, 0.25) is 0 Å². The predicted octanol–water partition coefficient (Wildman–Crippen LogP) is 1.62. The largest absolute Gasteiger partial charge is 0.469 e. The molecule has 0 radical (unpaired) electrons. The number of esters is 1. The molecule has 94 valence electrons. The first-order valence-electron chi connectivity index (χ1n) is 5.55. The summed E-state index contributed by atoms with van der Waals surface area (Å²) < 4.78 is 4.77. The zero-order valence-electron chi connectivity index (χ0n) is 10.2. The van der Waals surface area contributed by atoms with E-state index in [9.17, 15) is 4.79 Å². The molecule has 0 bridgehead atoms. The van der Waals surface area contributed by atoms with Gasteiger partial charge in [-0.1, -0.05) is 0 Å². The number of methoxy groups -OCH3 is 1. The second-order valence-electron chi connectivity index (χ2n) is 4.57. The first-order valence-corrected chi connectivity index (χ1v) is 7.75. The third-order valence-electron chi connectivity index (χ3n) is 2.56. The SMILES string of the molecule is COC(=O)C(C)(C)CNCC1CSCCS1. The van der Waals surface area contributed by atoms with Crippen LogP contribution in [0.15, 0.2) is 0 Å². The van der Waals surface area contributed by atoms with Crippen molar-refractivity contribution in [3.8, 4) is 0 Å². The summed E-state index contributed by atoms with van der Waals surface area (Å²) in [5.41, 5.74) is -0.429. The Hall–Kier alpha value is 0.130. The van der Waals surface area contributed by atoms with Gasteiger partial charge in [-0.05, 0) is 13.8 Å². The minimum absolute atomic E-state index is 0.148. The van der Waals surface area contributed by atoms with E-state index in [1.54, 1.807) is 0 Å². The van der Waals surface area contributed by atoms with Gasteiger partial charge in [0.1, 0.15) is 0 Å². The third-order valence-corrected chi connectivity index (χ3v) is 5.41. The highest BCUT2D eigenvalue weighted by molar-refractivity contribution is 8.06. The van der Waals surface area contributed by atoms with Gasteiger partial charge in [0.2, 0.25) is 0 Å². The van der Waals surface area contributed by atoms with Crippen molar-refractivity contribution in [1.29, 1.82) is 0 Å². The van der Waals surface area contributed by atoms with Crippen molar-refractivity contribution in [1.82, 2.24) is 5.32 Å². The molecule has 0 aromatic heterocycles. The highest BCUT2D eigenvalue weighted by atomic mass is 32.2. The lowest BCUT2D eigenvalue weighted by Crippen LogP contribution is -2.40. The third kappa shape index (κ3) is 4.55. The fourth-order valence-electron chi connectivity index (χ4n) is 1.55. The first-order chi connectivity index (χ1) is 7.56. The van der Waals surface area contributed by atoms with Crippen LogP contribution in [-0.2, 0) is 9.53 Å². The van der Waals surface area contributed by atoms with E-state index in [2.05, 4.69) is 5.32 Å². The quantitative estimate of drug-likeness (QED) is 0.763. The average molecular weight is 263 g/mol. The smallest absolute Gasteiger partial charge is 0.312 e. The summed E-state index contributed by atoms with van der Waals surface area (Å²) in [5, 5.41) is 4.06. The highest BCUT2D eigenvalue weighted by Gasteiger charge is 2.28. The van der Waals surface area contributed by atoms with E-state index in [0.717, 1.165) is 6.54 Å². The fourth-order valence-corrected chi connectivity index (χ4v) is 4.19. The van der Waals surface area contributed by atoms with E-state index < -0.39 is 5.41 Å². The first kappa shape index (κ1) is 14.2. The number of nitrogens with one attached hydrogen (secondary N) is 1. The number of hydrogen-bond donors (Lipinski definition) is 1. The summed E-state index contributed by atoms with van der Waals surface area (Å²) in [6.07, 6.45) is 0. The summed E-state index contributed by atoms with van der Waals surface area (Å²) in [6, 6.07) is 0. The van der Waals surface area contributed by atoms with Crippen LogP contribution in [0.1, 0.15) is 13.8 Å². The van der Waals surface area contributed by atoms with E-state index in [1.165, 1.54) is 24.4 Å². The summed E-state index contributed by atoms with van der Waals surface area (Å²) in [6.45, 7) is 5.49. The Balaban J connectivity index is 2.20. The molecule has 0 aromatic rings. The number of carbonyl (C=O) groups is 1. The molecule has 1 heterocycles. The normalized spacial score (nSPS) is 21.8. The van der Waals surface area contributed by atoms with E-state index in [1.807, 2.05) is 37.4 Å². The molecule has 0 saturated carbocycles. The van der Waals surface area contributed by atoms with Gasteiger partial charge in [0.15, 0.2) is 0 Å². The minimum atomic E-state index is -0.429. The predicted molar refractivity (Wildman–Crippen MR) is 72.2 cm³/mol. The molecule has 1 atom stereocenters. The van der Waals surface area contributed by atoms with Crippen molar-refractivity contribution < 1.29 is 9.53 Å². The molecule has 1 rings (SSSR count). The Morgan fingerprint density at radius 3 is 2.81 bits per heavy atom. The van der Waals surface area contributed by atoms with Crippen LogP contribution in [0.4, 0.5) is 0 Å². The fraction of sp³-hybridized carbons (Fsp3) is 0.909. The maximum absolute atomic E-state index is 11.4. The second kappa shape index (κ2) is 6.77. The van der Waals surface area contributed by atoms with Crippen molar-refractivity contribution in [2.24, 2.45) is 5.41 Å². The molecule has 1 N–H and O–H groups in total. The zero-order valence-corrected chi connectivity index (χ0v) is 11.9. The maximum Gasteiger partial charge on any atom is 0.312 e. The Morgan fingerprint density at radius 1 is 1.50 bits per heavy atom. The van der Waals surface area contributed by atoms with E-state index in [-0.39, 0.29) is 5.97 Å². The molecule has 1 saturated heterocycles. The zero-order chi connectivity index (χ0) is 12.0. The van der Waals surface area contributed by atoms with Gasteiger partial charge in [-0.3, -0.25) is 4.79 Å². The lowest BCUT2D eigenvalue weighted by atomic mass is 9.94. The summed E-state index contributed by atoms with van der Waals surface area (Å²) in [7, 11) is 1.44. The van der Waals surface area contributed by atoms with Gasteiger partial charge in [-0.2, -0.15) is 23.5 Å². The molecule has 1 unspecified atom stereocenters. The number of carbonyl (C=O) groups excluding carboxylic acids is 1. The molecule has 1 aliphatic heterocycles. The molecule has 0 amide bonds. The lowest BCUT2D eigenvalue weighted by Gasteiger charge is -2.25. The molecule has 0 aliphatic carbocycles. The Morgan fingerprint density at radius 2 is 2.25 bits per heavy atom. The van der Waals surface area contributed by atoms with Crippen molar-refractivity contribution >= 4 is 29.5 Å². The molecule has 1 aliphatic rings. The number of rotatable bonds is 5. The van der Waals surface area contributed by atoms with Gasteiger partial charge in [-0.15, -0.1) is 0 Å². The molecule has 16 heavy (non-hydrogen) atoms. The molecule has 0 spiro atoms. The van der Waals surface area contributed by atoms with E-state index in [4.69, 9.17) is 4.74 Å². The lowest BCUT2D eigenvalue weighted by molar-refractivity contribution is -0.150. The van der Waals surface area contributed by atoms with Crippen molar-refractivity contribution in [2.75, 3.05) is 37.5 Å². The average Bonchev–Trinajstić information content (AvgIpc) is 2.29. The van der Waals surface area contributed by atoms with Crippen LogP contribution >= 0.6 is 23.5 Å². The highest BCUT2D eigenvalue weighted by Crippen LogP contribution is 2.23. The van der Waals surface area contributed by atoms with Gasteiger partial charge >= 0.3 is 5.97 Å². The van der Waals surface area contributed by atoms with Gasteiger partial charge in [0.05, 0.1) is 12.5 Å². The molecule has 3 nitrogen and oxygen atoms in total. The van der Waals surface area contributed by atoms with Crippen molar-refractivity contribution in [2.45, 2.75) is 19.1 Å². The number of thioether (sulfide) groups is 2. The number of ether oxygens (including phenoxy) is 1. The van der Waals surface area contributed by atoms with Crippen LogP contribution in [-0.4, -0.2) is 48.7 Å². The van der Waals surface area contributed by atoms with Crippen LogP contribution < -0.4 is 5.32 Å². The van der Waals surface area contributed by atoms with Gasteiger partial charge in [-0.25, -0.2) is 0 Å². The summed E-state index contributed by atoms with van der Waals surface area (Å²) in [5.74, 6) is 3.59. The van der Waals surface area contributed by atoms with Crippen molar-refractivity contribution in [3.05, 3.63) is 0 Å². The topological polar surface area (TPSA) is 38.3 Å². The molecular weight excluding hydrogens is 242 g/mol. The second-order valence-corrected chi connectivity index (χ2v) is 7.13. The van der Waals surface area contributed by atoms with Gasteiger partial charge in [0, 0.05) is 35.6 Å². The van der Waals surface area contributed by atoms with Crippen molar-refractivity contribution in [3.63, 3.8) is 0 Å². The Kier molecular flexibility index (Phi) is 6.00. The molecule has 0 aromatic carbocycles. The van der Waals surface area contributed by atoms with Crippen LogP contribution in [0.5, 0.6) is 0 Å². The number of hydrogen-bond acceptors (Lipinski definition) is 5. The monoisotopic (exact) mass is 263 g/mol. The maximum atomic E-state index is 11.4. The summed E-state index contributed by atoms with van der Waals surface area (Å²) >= 11 is 4.05. The van der Waals surface area contributed by atoms with Crippen LogP contribution in [0.25, 0.3) is 0 Å². The van der Waals surface area contributed by atoms with E-state index in [0.29, 0.717) is 11.8 Å². The minimum Gasteiger partial charge on any atom is -0.469 e. The molecular formula is C11H21NO2S2. The molecule has 1 fully saturated rings. The van der Waals surface area contributed by atoms with E-state index >= 15 is 0 Å². The van der Waals surface area contributed by atoms with Crippen LogP contribution in [0, 0.1) is 5.41 Å². The van der Waals surface area contributed by atoms with Gasteiger partial charge < -0.3 is 10.1 Å². The Labute approximate surface area is 106 Å². The van der Waals surface area contributed by atoms with Crippen LogP contribution in [0.3, 0.4) is 0 Å². The summed E-state index contributed by atoms with van der Waals surface area (Å²) in [4.78, 5) is 11.4. The Bertz CT molecular complexity index is 228.